The summed E-state index contributed by atoms with van der Waals surface area (Å²) >= 11 is 5.85. The minimum Gasteiger partial charge on any atom is -0.355 e. The van der Waals surface area contributed by atoms with Gasteiger partial charge in [0.05, 0.1) is 5.92 Å². The second-order valence-electron chi connectivity index (χ2n) is 6.47. The molecule has 0 radical (unpaired) electrons. The molecule has 1 unspecified atom stereocenters. The minimum atomic E-state index is -0.340. The standard InChI is InChI=1S/C20H20ClFN2O2/c21-17-5-1-14(2-6-17)9-10-23-20(26)16-11-19(25)24(13-16)12-15-3-7-18(22)8-4-15/h1-8,16H,9-13H2,(H,23,26). The van der Waals surface area contributed by atoms with E-state index < -0.39 is 0 Å². The zero-order valence-corrected chi connectivity index (χ0v) is 15.0. The molecule has 1 saturated heterocycles. The smallest absolute Gasteiger partial charge is 0.225 e. The molecule has 6 heteroatoms. The Balaban J connectivity index is 1.47. The van der Waals surface area contributed by atoms with Crippen LogP contribution in [0.2, 0.25) is 5.02 Å². The second kappa shape index (κ2) is 8.32. The summed E-state index contributed by atoms with van der Waals surface area (Å²) in [5.41, 5.74) is 1.94. The Kier molecular flexibility index (Phi) is 5.89. The lowest BCUT2D eigenvalue weighted by Gasteiger charge is -2.16. The van der Waals surface area contributed by atoms with Gasteiger partial charge < -0.3 is 10.2 Å². The van der Waals surface area contributed by atoms with Gasteiger partial charge in [0.2, 0.25) is 11.8 Å². The molecule has 1 fully saturated rings. The maximum absolute atomic E-state index is 13.0. The van der Waals surface area contributed by atoms with E-state index in [2.05, 4.69) is 5.32 Å². The number of rotatable bonds is 6. The molecule has 1 N–H and O–H groups in total. The molecule has 2 amide bonds. The molecule has 136 valence electrons. The van der Waals surface area contributed by atoms with Gasteiger partial charge in [-0.1, -0.05) is 35.9 Å². The molecule has 4 nitrogen and oxygen atoms in total. The fourth-order valence-corrected chi connectivity index (χ4v) is 3.16. The molecule has 1 aliphatic rings. The Morgan fingerprint density at radius 1 is 1.12 bits per heavy atom. The van der Waals surface area contributed by atoms with Crippen molar-refractivity contribution in [1.82, 2.24) is 10.2 Å². The van der Waals surface area contributed by atoms with Crippen molar-refractivity contribution in [3.8, 4) is 0 Å². The summed E-state index contributed by atoms with van der Waals surface area (Å²) in [4.78, 5) is 26.1. The molecule has 1 heterocycles. The normalized spacial score (nSPS) is 16.8. The van der Waals surface area contributed by atoms with Crippen molar-refractivity contribution in [1.29, 1.82) is 0 Å². The highest BCUT2D eigenvalue weighted by molar-refractivity contribution is 6.30. The molecule has 0 spiro atoms. The fourth-order valence-electron chi connectivity index (χ4n) is 3.04. The fraction of sp³-hybridized carbons (Fsp3) is 0.300. The van der Waals surface area contributed by atoms with E-state index in [1.54, 1.807) is 17.0 Å². The molecular formula is C20H20ClFN2O2. The summed E-state index contributed by atoms with van der Waals surface area (Å²) in [6.45, 7) is 1.31. The van der Waals surface area contributed by atoms with E-state index in [-0.39, 0.29) is 30.0 Å². The molecule has 2 aromatic carbocycles. The van der Waals surface area contributed by atoms with E-state index in [0.29, 0.717) is 31.1 Å². The van der Waals surface area contributed by atoms with Crippen LogP contribution in [0.15, 0.2) is 48.5 Å². The molecule has 0 aromatic heterocycles. The van der Waals surface area contributed by atoms with Crippen LogP contribution in [0.1, 0.15) is 17.5 Å². The molecule has 0 saturated carbocycles. The van der Waals surface area contributed by atoms with Crippen LogP contribution < -0.4 is 5.32 Å². The van der Waals surface area contributed by atoms with Gasteiger partial charge in [0.15, 0.2) is 0 Å². The Bertz CT molecular complexity index is 777. The van der Waals surface area contributed by atoms with Gasteiger partial charge in [-0.2, -0.15) is 0 Å². The van der Waals surface area contributed by atoms with Crippen LogP contribution in [0.3, 0.4) is 0 Å². The number of hydrogen-bond donors (Lipinski definition) is 1. The molecule has 2 aromatic rings. The Morgan fingerprint density at radius 3 is 2.46 bits per heavy atom. The Morgan fingerprint density at radius 2 is 1.77 bits per heavy atom. The van der Waals surface area contributed by atoms with Crippen LogP contribution in [-0.4, -0.2) is 29.8 Å². The zero-order valence-electron chi connectivity index (χ0n) is 14.3. The molecule has 3 rings (SSSR count). The van der Waals surface area contributed by atoms with Crippen molar-refractivity contribution in [2.24, 2.45) is 5.92 Å². The molecular weight excluding hydrogens is 355 g/mol. The van der Waals surface area contributed by atoms with Gasteiger partial charge in [-0.15, -0.1) is 0 Å². The van der Waals surface area contributed by atoms with Crippen molar-refractivity contribution in [3.05, 3.63) is 70.5 Å². The number of nitrogens with zero attached hydrogens (tertiary/aromatic N) is 1. The number of likely N-dealkylation sites (tertiary alicyclic amines) is 1. The zero-order chi connectivity index (χ0) is 18.5. The third kappa shape index (κ3) is 4.82. The SMILES string of the molecule is O=C(NCCc1ccc(Cl)cc1)C1CC(=O)N(Cc2ccc(F)cc2)C1. The van der Waals surface area contributed by atoms with Crippen LogP contribution >= 0.6 is 11.6 Å². The minimum absolute atomic E-state index is 0.0489. The lowest BCUT2D eigenvalue weighted by molar-refractivity contribution is -0.129. The highest BCUT2D eigenvalue weighted by Crippen LogP contribution is 2.20. The predicted octanol–water partition coefficient (Wildman–Crippen LogP) is 3.19. The summed E-state index contributed by atoms with van der Waals surface area (Å²) in [6.07, 6.45) is 0.927. The van der Waals surface area contributed by atoms with Crippen LogP contribution in [0.25, 0.3) is 0 Å². The first-order valence-electron chi connectivity index (χ1n) is 8.55. The lowest BCUT2D eigenvalue weighted by Crippen LogP contribution is -2.34. The van der Waals surface area contributed by atoms with Crippen molar-refractivity contribution >= 4 is 23.4 Å². The third-order valence-electron chi connectivity index (χ3n) is 4.50. The molecule has 1 atom stereocenters. The molecule has 0 bridgehead atoms. The van der Waals surface area contributed by atoms with Gasteiger partial charge in [0.1, 0.15) is 5.82 Å². The van der Waals surface area contributed by atoms with Gasteiger partial charge >= 0.3 is 0 Å². The monoisotopic (exact) mass is 374 g/mol. The number of nitrogens with one attached hydrogen (secondary N) is 1. The first-order chi connectivity index (χ1) is 12.5. The first kappa shape index (κ1) is 18.4. The number of hydrogen-bond acceptors (Lipinski definition) is 2. The van der Waals surface area contributed by atoms with E-state index in [1.807, 2.05) is 24.3 Å². The quantitative estimate of drug-likeness (QED) is 0.844. The van der Waals surface area contributed by atoms with E-state index in [1.165, 1.54) is 12.1 Å². The van der Waals surface area contributed by atoms with Gasteiger partial charge in [-0.3, -0.25) is 9.59 Å². The summed E-state index contributed by atoms with van der Waals surface area (Å²) < 4.78 is 13.0. The Hall–Kier alpha value is -2.40. The van der Waals surface area contributed by atoms with Gasteiger partial charge in [-0.05, 0) is 41.8 Å². The topological polar surface area (TPSA) is 49.4 Å². The number of benzene rings is 2. The maximum atomic E-state index is 13.0. The van der Waals surface area contributed by atoms with Crippen LogP contribution in [0, 0.1) is 11.7 Å². The van der Waals surface area contributed by atoms with Gasteiger partial charge in [0.25, 0.3) is 0 Å². The van der Waals surface area contributed by atoms with Crippen LogP contribution in [-0.2, 0) is 22.6 Å². The highest BCUT2D eigenvalue weighted by Gasteiger charge is 2.33. The van der Waals surface area contributed by atoms with Crippen molar-refractivity contribution < 1.29 is 14.0 Å². The second-order valence-corrected chi connectivity index (χ2v) is 6.91. The van der Waals surface area contributed by atoms with Gasteiger partial charge in [0, 0.05) is 31.1 Å². The predicted molar refractivity (Wildman–Crippen MR) is 98.1 cm³/mol. The van der Waals surface area contributed by atoms with E-state index in [9.17, 15) is 14.0 Å². The van der Waals surface area contributed by atoms with Crippen molar-refractivity contribution in [2.45, 2.75) is 19.4 Å². The van der Waals surface area contributed by atoms with Crippen molar-refractivity contribution in [2.75, 3.05) is 13.1 Å². The van der Waals surface area contributed by atoms with E-state index in [4.69, 9.17) is 11.6 Å². The third-order valence-corrected chi connectivity index (χ3v) is 4.75. The summed E-state index contributed by atoms with van der Waals surface area (Å²) in [5.74, 6) is -0.797. The summed E-state index contributed by atoms with van der Waals surface area (Å²) in [7, 11) is 0. The first-order valence-corrected chi connectivity index (χ1v) is 8.93. The Labute approximate surface area is 157 Å². The largest absolute Gasteiger partial charge is 0.355 e. The van der Waals surface area contributed by atoms with Gasteiger partial charge in [-0.25, -0.2) is 4.39 Å². The molecule has 1 aliphatic heterocycles. The van der Waals surface area contributed by atoms with Crippen molar-refractivity contribution in [3.63, 3.8) is 0 Å². The summed E-state index contributed by atoms with van der Waals surface area (Å²) in [6, 6.07) is 13.6. The lowest BCUT2D eigenvalue weighted by atomic mass is 10.1. The number of carbonyl (C=O) groups excluding carboxylic acids is 2. The average Bonchev–Trinajstić information content (AvgIpc) is 2.99. The van der Waals surface area contributed by atoms with E-state index >= 15 is 0 Å². The number of carbonyl (C=O) groups is 2. The van der Waals surface area contributed by atoms with Crippen LogP contribution in [0.5, 0.6) is 0 Å². The summed E-state index contributed by atoms with van der Waals surface area (Å²) in [5, 5.41) is 3.58. The number of halogens is 2. The maximum Gasteiger partial charge on any atom is 0.225 e. The van der Waals surface area contributed by atoms with E-state index in [0.717, 1.165) is 11.1 Å². The number of amides is 2. The average molecular weight is 375 g/mol. The molecule has 0 aliphatic carbocycles. The molecule has 26 heavy (non-hydrogen) atoms. The van der Waals surface area contributed by atoms with Crippen LogP contribution in [0.4, 0.5) is 4.39 Å². The highest BCUT2D eigenvalue weighted by atomic mass is 35.5.